The summed E-state index contributed by atoms with van der Waals surface area (Å²) in [5, 5.41) is 2.78. The quantitative estimate of drug-likeness (QED) is 0.511. The summed E-state index contributed by atoms with van der Waals surface area (Å²) >= 11 is 0. The molecular formula is C9H21N3O. The van der Waals surface area contributed by atoms with Crippen LogP contribution in [0.15, 0.2) is 0 Å². The molecule has 0 spiro atoms. The number of carbonyl (C=O) groups excluding carboxylic acids is 1. The van der Waals surface area contributed by atoms with Crippen molar-refractivity contribution in [3.05, 3.63) is 0 Å². The minimum absolute atomic E-state index is 0.0639. The van der Waals surface area contributed by atoms with Gasteiger partial charge in [-0.2, -0.15) is 0 Å². The highest BCUT2D eigenvalue weighted by Gasteiger charge is 2.29. The van der Waals surface area contributed by atoms with Crippen LogP contribution < -0.4 is 16.8 Å². The third-order valence-electron chi connectivity index (χ3n) is 2.38. The molecule has 1 amide bonds. The molecule has 0 fully saturated rings. The molecule has 13 heavy (non-hydrogen) atoms. The van der Waals surface area contributed by atoms with Gasteiger partial charge in [-0.1, -0.05) is 13.8 Å². The molecule has 0 aliphatic rings. The van der Waals surface area contributed by atoms with Gasteiger partial charge in [-0.3, -0.25) is 4.79 Å². The number of hydrogen-bond acceptors (Lipinski definition) is 3. The number of carbonyl (C=O) groups is 1. The molecule has 0 saturated heterocycles. The summed E-state index contributed by atoms with van der Waals surface area (Å²) in [6.07, 6.45) is 2.13. The van der Waals surface area contributed by atoms with Gasteiger partial charge in [-0.25, -0.2) is 0 Å². The van der Waals surface area contributed by atoms with E-state index in [1.54, 1.807) is 0 Å². The Kier molecular flexibility index (Phi) is 5.66. The fourth-order valence-corrected chi connectivity index (χ4v) is 1.05. The molecule has 0 aromatic heterocycles. The Bertz CT molecular complexity index is 155. The van der Waals surface area contributed by atoms with Crippen molar-refractivity contribution in [1.82, 2.24) is 5.32 Å². The Morgan fingerprint density at radius 1 is 1.38 bits per heavy atom. The van der Waals surface area contributed by atoms with Crippen molar-refractivity contribution < 1.29 is 4.79 Å². The third kappa shape index (κ3) is 3.74. The number of rotatable bonds is 6. The lowest BCUT2D eigenvalue weighted by Gasteiger charge is -2.25. The lowest BCUT2D eigenvalue weighted by atomic mass is 9.93. The molecule has 4 heteroatoms. The van der Waals surface area contributed by atoms with E-state index < -0.39 is 5.54 Å². The molecule has 0 radical (unpaired) electrons. The van der Waals surface area contributed by atoms with Crippen LogP contribution in [0.4, 0.5) is 0 Å². The van der Waals surface area contributed by atoms with E-state index in [0.717, 1.165) is 6.42 Å². The summed E-state index contributed by atoms with van der Waals surface area (Å²) in [6.45, 7) is 5.06. The zero-order valence-electron chi connectivity index (χ0n) is 8.60. The lowest BCUT2D eigenvalue weighted by Crippen LogP contribution is -2.53. The standard InChI is InChI=1S/C9H21N3O/c1-3-9(11,4-2)8(13)12-7-5-6-10/h3-7,10-11H2,1-2H3,(H,12,13). The van der Waals surface area contributed by atoms with Crippen LogP contribution in [0, 0.1) is 0 Å². The van der Waals surface area contributed by atoms with Crippen molar-refractivity contribution in [3.63, 3.8) is 0 Å². The van der Waals surface area contributed by atoms with Crippen molar-refractivity contribution in [2.75, 3.05) is 13.1 Å². The maximum atomic E-state index is 11.5. The van der Waals surface area contributed by atoms with E-state index in [-0.39, 0.29) is 5.91 Å². The van der Waals surface area contributed by atoms with Gasteiger partial charge >= 0.3 is 0 Å². The zero-order chi connectivity index (χ0) is 10.3. The second-order valence-corrected chi connectivity index (χ2v) is 3.26. The van der Waals surface area contributed by atoms with Crippen LogP contribution in [0.1, 0.15) is 33.1 Å². The van der Waals surface area contributed by atoms with Crippen LogP contribution in [0.3, 0.4) is 0 Å². The maximum Gasteiger partial charge on any atom is 0.240 e. The summed E-state index contributed by atoms with van der Waals surface area (Å²) in [5.41, 5.74) is 10.5. The molecule has 0 bridgehead atoms. The normalized spacial score (nSPS) is 11.4. The molecule has 0 aromatic rings. The Morgan fingerprint density at radius 2 is 1.92 bits per heavy atom. The van der Waals surface area contributed by atoms with Gasteiger partial charge in [0.2, 0.25) is 5.91 Å². The van der Waals surface area contributed by atoms with Gasteiger partial charge in [0.25, 0.3) is 0 Å². The molecule has 0 aliphatic carbocycles. The zero-order valence-corrected chi connectivity index (χ0v) is 8.60. The molecule has 5 N–H and O–H groups in total. The topological polar surface area (TPSA) is 81.1 Å². The molecule has 78 valence electrons. The molecule has 0 aliphatic heterocycles. The van der Waals surface area contributed by atoms with Crippen molar-refractivity contribution >= 4 is 5.91 Å². The van der Waals surface area contributed by atoms with Gasteiger partial charge in [0.05, 0.1) is 5.54 Å². The predicted molar refractivity (Wildman–Crippen MR) is 54.2 cm³/mol. The third-order valence-corrected chi connectivity index (χ3v) is 2.38. The number of nitrogens with two attached hydrogens (primary N) is 2. The average Bonchev–Trinajstić information content (AvgIpc) is 2.17. The monoisotopic (exact) mass is 187 g/mol. The lowest BCUT2D eigenvalue weighted by molar-refractivity contribution is -0.126. The van der Waals surface area contributed by atoms with E-state index in [0.29, 0.717) is 25.9 Å². The fraction of sp³-hybridized carbons (Fsp3) is 0.889. The van der Waals surface area contributed by atoms with Gasteiger partial charge < -0.3 is 16.8 Å². The molecule has 0 rings (SSSR count). The van der Waals surface area contributed by atoms with Crippen LogP contribution in [0.5, 0.6) is 0 Å². The van der Waals surface area contributed by atoms with Crippen LogP contribution >= 0.6 is 0 Å². The maximum absolute atomic E-state index is 11.5. The second-order valence-electron chi connectivity index (χ2n) is 3.26. The SMILES string of the molecule is CCC(N)(CC)C(=O)NCCCN. The Hall–Kier alpha value is -0.610. The smallest absolute Gasteiger partial charge is 0.240 e. The van der Waals surface area contributed by atoms with E-state index in [2.05, 4.69) is 5.32 Å². The first-order valence-electron chi connectivity index (χ1n) is 4.88. The van der Waals surface area contributed by atoms with E-state index in [1.165, 1.54) is 0 Å². The summed E-state index contributed by atoms with van der Waals surface area (Å²) in [5.74, 6) is -0.0639. The molecule has 4 nitrogen and oxygen atoms in total. The van der Waals surface area contributed by atoms with Crippen LogP contribution in [0.2, 0.25) is 0 Å². The second kappa shape index (κ2) is 5.94. The predicted octanol–water partition coefficient (Wildman–Crippen LogP) is -0.0311. The highest BCUT2D eigenvalue weighted by atomic mass is 16.2. The van der Waals surface area contributed by atoms with Crippen LogP contribution in [-0.4, -0.2) is 24.5 Å². The first-order valence-corrected chi connectivity index (χ1v) is 4.88. The Morgan fingerprint density at radius 3 is 2.31 bits per heavy atom. The van der Waals surface area contributed by atoms with Gasteiger partial charge in [0.15, 0.2) is 0 Å². The molecular weight excluding hydrogens is 166 g/mol. The molecule has 0 atom stereocenters. The van der Waals surface area contributed by atoms with Crippen molar-refractivity contribution in [3.8, 4) is 0 Å². The number of hydrogen-bond donors (Lipinski definition) is 3. The summed E-state index contributed by atoms with van der Waals surface area (Å²) in [4.78, 5) is 11.5. The minimum atomic E-state index is -0.700. The molecule has 0 heterocycles. The number of nitrogens with one attached hydrogen (secondary N) is 1. The van der Waals surface area contributed by atoms with Gasteiger partial charge in [-0.05, 0) is 25.8 Å². The Labute approximate surface area is 80.0 Å². The highest BCUT2D eigenvalue weighted by Crippen LogP contribution is 2.10. The summed E-state index contributed by atoms with van der Waals surface area (Å²) in [7, 11) is 0. The molecule has 0 saturated carbocycles. The van der Waals surface area contributed by atoms with Gasteiger partial charge in [0, 0.05) is 6.54 Å². The summed E-state index contributed by atoms with van der Waals surface area (Å²) < 4.78 is 0. The van der Waals surface area contributed by atoms with E-state index >= 15 is 0 Å². The van der Waals surface area contributed by atoms with Crippen molar-refractivity contribution in [2.24, 2.45) is 11.5 Å². The van der Waals surface area contributed by atoms with Crippen molar-refractivity contribution in [1.29, 1.82) is 0 Å². The fourth-order valence-electron chi connectivity index (χ4n) is 1.05. The molecule has 0 aromatic carbocycles. The van der Waals surface area contributed by atoms with Gasteiger partial charge in [-0.15, -0.1) is 0 Å². The van der Waals surface area contributed by atoms with E-state index in [1.807, 2.05) is 13.8 Å². The van der Waals surface area contributed by atoms with Gasteiger partial charge in [0.1, 0.15) is 0 Å². The average molecular weight is 187 g/mol. The minimum Gasteiger partial charge on any atom is -0.354 e. The first kappa shape index (κ1) is 12.4. The largest absolute Gasteiger partial charge is 0.354 e. The van der Waals surface area contributed by atoms with E-state index in [9.17, 15) is 4.79 Å². The first-order chi connectivity index (χ1) is 6.10. The molecule has 0 unspecified atom stereocenters. The summed E-state index contributed by atoms with van der Waals surface area (Å²) in [6, 6.07) is 0. The Balaban J connectivity index is 3.92. The van der Waals surface area contributed by atoms with Crippen molar-refractivity contribution in [2.45, 2.75) is 38.6 Å². The highest BCUT2D eigenvalue weighted by molar-refractivity contribution is 5.85. The van der Waals surface area contributed by atoms with E-state index in [4.69, 9.17) is 11.5 Å². The number of amides is 1. The van der Waals surface area contributed by atoms with Crippen LogP contribution in [0.25, 0.3) is 0 Å². The van der Waals surface area contributed by atoms with Crippen LogP contribution in [-0.2, 0) is 4.79 Å².